The fourth-order valence-corrected chi connectivity index (χ4v) is 3.49. The van der Waals surface area contributed by atoms with E-state index in [-0.39, 0.29) is 12.0 Å². The molecule has 0 spiro atoms. The Morgan fingerprint density at radius 3 is 2.65 bits per heavy atom. The number of pyridine rings is 1. The predicted octanol–water partition coefficient (Wildman–Crippen LogP) is 3.48. The molecule has 1 unspecified atom stereocenters. The number of fused-ring (bicyclic) bond motifs is 1. The van der Waals surface area contributed by atoms with E-state index in [0.29, 0.717) is 12.2 Å². The molecule has 0 radical (unpaired) electrons. The molecule has 1 aromatic heterocycles. The first-order chi connectivity index (χ1) is 12.8. The van der Waals surface area contributed by atoms with Gasteiger partial charge in [-0.3, -0.25) is 9.78 Å². The van der Waals surface area contributed by atoms with Crippen molar-refractivity contribution in [1.82, 2.24) is 9.88 Å². The molecule has 2 aliphatic rings. The highest BCUT2D eigenvalue weighted by molar-refractivity contribution is 5.93. The molecule has 4 rings (SSSR count). The van der Waals surface area contributed by atoms with Crippen molar-refractivity contribution in [3.63, 3.8) is 0 Å². The second kappa shape index (κ2) is 7.77. The van der Waals surface area contributed by atoms with Crippen LogP contribution in [-0.2, 0) is 6.42 Å². The van der Waals surface area contributed by atoms with Crippen LogP contribution in [0.1, 0.15) is 41.7 Å². The Morgan fingerprint density at radius 1 is 1.08 bits per heavy atom. The van der Waals surface area contributed by atoms with E-state index < -0.39 is 0 Å². The van der Waals surface area contributed by atoms with E-state index in [1.54, 1.807) is 6.20 Å². The summed E-state index contributed by atoms with van der Waals surface area (Å²) >= 11 is 0. The third kappa shape index (κ3) is 3.82. The molecule has 2 aromatic rings. The second-order valence-electron chi connectivity index (χ2n) is 6.93. The van der Waals surface area contributed by atoms with Gasteiger partial charge in [0.25, 0.3) is 5.91 Å². The number of carbonyl (C=O) groups is 1. The number of aryl methyl sites for hydroxylation is 1. The molecule has 2 aliphatic heterocycles. The summed E-state index contributed by atoms with van der Waals surface area (Å²) in [6.07, 6.45) is 6.79. The third-order valence-corrected chi connectivity index (χ3v) is 5.00. The molecule has 0 saturated carbocycles. The molecule has 3 heterocycles. The SMILES string of the molecule is O=C(c1ccc(CCC2COc3ccccc3O2)nc1)N1CCCCC1. The molecule has 0 N–H and O–H groups in total. The summed E-state index contributed by atoms with van der Waals surface area (Å²) in [7, 11) is 0. The topological polar surface area (TPSA) is 51.7 Å². The monoisotopic (exact) mass is 352 g/mol. The normalized spacial score (nSPS) is 19.2. The summed E-state index contributed by atoms with van der Waals surface area (Å²) in [5, 5.41) is 0. The first-order valence-electron chi connectivity index (χ1n) is 9.42. The van der Waals surface area contributed by atoms with Gasteiger partial charge in [0.2, 0.25) is 0 Å². The molecule has 1 fully saturated rings. The molecule has 1 saturated heterocycles. The third-order valence-electron chi connectivity index (χ3n) is 5.00. The molecule has 1 amide bonds. The first-order valence-corrected chi connectivity index (χ1v) is 9.42. The lowest BCUT2D eigenvalue weighted by molar-refractivity contribution is 0.0723. The second-order valence-corrected chi connectivity index (χ2v) is 6.93. The van der Waals surface area contributed by atoms with Crippen molar-refractivity contribution < 1.29 is 14.3 Å². The number of rotatable bonds is 4. The van der Waals surface area contributed by atoms with Crippen LogP contribution < -0.4 is 9.47 Å². The number of hydrogen-bond donors (Lipinski definition) is 0. The Balaban J connectivity index is 1.31. The van der Waals surface area contributed by atoms with E-state index >= 15 is 0 Å². The minimum atomic E-state index is 0.0290. The zero-order valence-corrected chi connectivity index (χ0v) is 14.9. The molecule has 5 heteroatoms. The molecular weight excluding hydrogens is 328 g/mol. The first kappa shape index (κ1) is 16.9. The van der Waals surface area contributed by atoms with Crippen molar-refractivity contribution in [2.24, 2.45) is 0 Å². The highest BCUT2D eigenvalue weighted by Gasteiger charge is 2.21. The highest BCUT2D eigenvalue weighted by atomic mass is 16.6. The van der Waals surface area contributed by atoms with Crippen LogP contribution in [0.25, 0.3) is 0 Å². The zero-order valence-electron chi connectivity index (χ0n) is 14.9. The number of piperidine rings is 1. The zero-order chi connectivity index (χ0) is 17.8. The van der Waals surface area contributed by atoms with Crippen molar-refractivity contribution >= 4 is 5.91 Å². The molecule has 0 bridgehead atoms. The Hall–Kier alpha value is -2.56. The largest absolute Gasteiger partial charge is 0.486 e. The lowest BCUT2D eigenvalue weighted by Gasteiger charge is -2.27. The number of para-hydroxylation sites is 2. The molecule has 1 atom stereocenters. The summed E-state index contributed by atoms with van der Waals surface area (Å²) in [5.74, 6) is 1.71. The van der Waals surface area contributed by atoms with Gasteiger partial charge in [-0.2, -0.15) is 0 Å². The Labute approximate surface area is 153 Å². The predicted molar refractivity (Wildman–Crippen MR) is 98.7 cm³/mol. The number of hydrogen-bond acceptors (Lipinski definition) is 4. The van der Waals surface area contributed by atoms with Crippen LogP contribution in [0.5, 0.6) is 11.5 Å². The number of carbonyl (C=O) groups excluding carboxylic acids is 1. The van der Waals surface area contributed by atoms with Crippen LogP contribution in [0, 0.1) is 0 Å². The van der Waals surface area contributed by atoms with E-state index in [1.165, 1.54) is 6.42 Å². The van der Waals surface area contributed by atoms with E-state index in [4.69, 9.17) is 9.47 Å². The molecule has 1 aromatic carbocycles. The summed E-state index contributed by atoms with van der Waals surface area (Å²) in [6, 6.07) is 11.6. The van der Waals surface area contributed by atoms with E-state index in [2.05, 4.69) is 4.98 Å². The van der Waals surface area contributed by atoms with Crippen molar-refractivity contribution in [3.05, 3.63) is 53.9 Å². The highest BCUT2D eigenvalue weighted by Crippen LogP contribution is 2.31. The number of amides is 1. The summed E-state index contributed by atoms with van der Waals surface area (Å²) in [5.41, 5.74) is 1.66. The van der Waals surface area contributed by atoms with Gasteiger partial charge in [-0.15, -0.1) is 0 Å². The standard InChI is InChI=1S/C21H24N2O3/c24-21(23-12-4-1-5-13-23)16-8-9-17(22-14-16)10-11-18-15-25-19-6-2-3-7-20(19)26-18/h2-3,6-9,14,18H,1,4-5,10-13,15H2. The summed E-state index contributed by atoms with van der Waals surface area (Å²) in [4.78, 5) is 18.9. The number of aromatic nitrogens is 1. The van der Waals surface area contributed by atoms with Gasteiger partial charge < -0.3 is 14.4 Å². The fourth-order valence-electron chi connectivity index (χ4n) is 3.49. The number of ether oxygens (including phenoxy) is 2. The van der Waals surface area contributed by atoms with Crippen LogP contribution in [0.15, 0.2) is 42.6 Å². The van der Waals surface area contributed by atoms with Crippen molar-refractivity contribution in [2.75, 3.05) is 19.7 Å². The Morgan fingerprint density at radius 2 is 1.88 bits per heavy atom. The number of likely N-dealkylation sites (tertiary alicyclic amines) is 1. The van der Waals surface area contributed by atoms with E-state index in [1.807, 2.05) is 41.3 Å². The average Bonchev–Trinajstić information content (AvgIpc) is 2.72. The lowest BCUT2D eigenvalue weighted by Crippen LogP contribution is -2.35. The van der Waals surface area contributed by atoms with E-state index in [0.717, 1.165) is 56.0 Å². The lowest BCUT2D eigenvalue weighted by atomic mass is 10.1. The molecule has 26 heavy (non-hydrogen) atoms. The van der Waals surface area contributed by atoms with Crippen molar-refractivity contribution in [2.45, 2.75) is 38.2 Å². The van der Waals surface area contributed by atoms with Gasteiger partial charge in [-0.1, -0.05) is 12.1 Å². The Bertz CT molecular complexity index is 754. The molecule has 5 nitrogen and oxygen atoms in total. The molecule has 0 aliphatic carbocycles. The summed E-state index contributed by atoms with van der Waals surface area (Å²) in [6.45, 7) is 2.28. The smallest absolute Gasteiger partial charge is 0.255 e. The minimum Gasteiger partial charge on any atom is -0.486 e. The number of nitrogens with zero attached hydrogens (tertiary/aromatic N) is 2. The van der Waals surface area contributed by atoms with Gasteiger partial charge in [0.15, 0.2) is 11.5 Å². The maximum Gasteiger partial charge on any atom is 0.255 e. The van der Waals surface area contributed by atoms with Crippen molar-refractivity contribution in [1.29, 1.82) is 0 Å². The van der Waals surface area contributed by atoms with Crippen LogP contribution in [0.2, 0.25) is 0 Å². The fraction of sp³-hybridized carbons (Fsp3) is 0.429. The van der Waals surface area contributed by atoms with Crippen LogP contribution in [0.3, 0.4) is 0 Å². The molecular formula is C21H24N2O3. The van der Waals surface area contributed by atoms with Crippen molar-refractivity contribution in [3.8, 4) is 11.5 Å². The number of benzene rings is 1. The van der Waals surface area contributed by atoms with Crippen LogP contribution in [0.4, 0.5) is 0 Å². The maximum absolute atomic E-state index is 12.5. The average molecular weight is 352 g/mol. The van der Waals surface area contributed by atoms with Gasteiger partial charge in [-0.25, -0.2) is 0 Å². The quantitative estimate of drug-likeness (QED) is 0.845. The van der Waals surface area contributed by atoms with Gasteiger partial charge in [0, 0.05) is 25.0 Å². The Kier molecular flexibility index (Phi) is 5.04. The molecule has 136 valence electrons. The van der Waals surface area contributed by atoms with Gasteiger partial charge in [0.05, 0.1) is 5.56 Å². The van der Waals surface area contributed by atoms with Crippen LogP contribution in [-0.4, -0.2) is 41.6 Å². The van der Waals surface area contributed by atoms with Gasteiger partial charge >= 0.3 is 0 Å². The van der Waals surface area contributed by atoms with Gasteiger partial charge in [-0.05, 0) is 56.4 Å². The minimum absolute atomic E-state index is 0.0290. The van der Waals surface area contributed by atoms with Crippen LogP contribution >= 0.6 is 0 Å². The van der Waals surface area contributed by atoms with E-state index in [9.17, 15) is 4.79 Å². The van der Waals surface area contributed by atoms with Gasteiger partial charge in [0.1, 0.15) is 12.7 Å². The summed E-state index contributed by atoms with van der Waals surface area (Å²) < 4.78 is 11.7. The maximum atomic E-state index is 12.5.